The first-order valence-corrected chi connectivity index (χ1v) is 12.3. The lowest BCUT2D eigenvalue weighted by Gasteiger charge is -2.33. The summed E-state index contributed by atoms with van der Waals surface area (Å²) in [4.78, 5) is 27.4. The van der Waals surface area contributed by atoms with E-state index >= 15 is 0 Å². The van der Waals surface area contributed by atoms with Crippen LogP contribution in [0.15, 0.2) is 24.3 Å². The standard InChI is InChI=1S/C20H27ClN2O6S/c1-20(2,3)29-19(25)22-10-8-16(9-11-22)28-15-6-4-14(5-7-15)23-13-17(12-18(23)24)30(21,26)27/h4-7,16-17H,8-13H2,1-3H3. The van der Waals surface area contributed by atoms with Crippen LogP contribution in [0.25, 0.3) is 0 Å². The van der Waals surface area contributed by atoms with E-state index in [0.717, 1.165) is 0 Å². The van der Waals surface area contributed by atoms with Crippen molar-refractivity contribution >= 4 is 37.4 Å². The lowest BCUT2D eigenvalue weighted by atomic mass is 10.1. The molecule has 0 radical (unpaired) electrons. The van der Waals surface area contributed by atoms with Gasteiger partial charge >= 0.3 is 6.09 Å². The first kappa shape index (κ1) is 22.7. The molecule has 0 spiro atoms. The second-order valence-electron chi connectivity index (χ2n) is 8.58. The summed E-state index contributed by atoms with van der Waals surface area (Å²) in [6.45, 7) is 6.70. The Labute approximate surface area is 181 Å². The minimum Gasteiger partial charge on any atom is -0.490 e. The molecule has 30 heavy (non-hydrogen) atoms. The van der Waals surface area contributed by atoms with Crippen LogP contribution in [-0.2, 0) is 18.6 Å². The lowest BCUT2D eigenvalue weighted by molar-refractivity contribution is -0.117. The molecule has 8 nitrogen and oxygen atoms in total. The van der Waals surface area contributed by atoms with E-state index in [0.29, 0.717) is 37.4 Å². The number of benzene rings is 1. The summed E-state index contributed by atoms with van der Waals surface area (Å²) < 4.78 is 34.4. The van der Waals surface area contributed by atoms with E-state index in [-0.39, 0.29) is 31.1 Å². The monoisotopic (exact) mass is 458 g/mol. The van der Waals surface area contributed by atoms with E-state index in [1.165, 1.54) is 4.90 Å². The molecule has 1 atom stereocenters. The molecule has 2 saturated heterocycles. The van der Waals surface area contributed by atoms with E-state index in [4.69, 9.17) is 20.2 Å². The zero-order valence-corrected chi connectivity index (χ0v) is 18.9. The van der Waals surface area contributed by atoms with Gasteiger partial charge in [-0.05, 0) is 45.0 Å². The van der Waals surface area contributed by atoms with E-state index in [1.54, 1.807) is 29.2 Å². The maximum absolute atomic E-state index is 12.1. The summed E-state index contributed by atoms with van der Waals surface area (Å²) in [5.41, 5.74) is 0.0894. The summed E-state index contributed by atoms with van der Waals surface area (Å²) in [5.74, 6) is 0.384. The van der Waals surface area contributed by atoms with Gasteiger partial charge in [-0.1, -0.05) is 0 Å². The molecule has 0 bridgehead atoms. The van der Waals surface area contributed by atoms with E-state index in [2.05, 4.69) is 0 Å². The minimum atomic E-state index is -3.78. The van der Waals surface area contributed by atoms with Crippen LogP contribution in [0, 0.1) is 0 Å². The number of hydrogen-bond acceptors (Lipinski definition) is 6. The highest BCUT2D eigenvalue weighted by Crippen LogP contribution is 2.29. The third kappa shape index (κ3) is 5.78. The van der Waals surface area contributed by atoms with Gasteiger partial charge in [0.1, 0.15) is 22.7 Å². The third-order valence-corrected chi connectivity index (χ3v) is 6.90. The molecule has 2 amide bonds. The molecule has 0 N–H and O–H groups in total. The molecular formula is C20H27ClN2O6S. The summed E-state index contributed by atoms with van der Waals surface area (Å²) in [7, 11) is 1.62. The van der Waals surface area contributed by atoms with Gasteiger partial charge in [0.25, 0.3) is 0 Å². The number of halogens is 1. The quantitative estimate of drug-likeness (QED) is 0.643. The maximum Gasteiger partial charge on any atom is 0.410 e. The second-order valence-corrected chi connectivity index (χ2v) is 11.5. The van der Waals surface area contributed by atoms with Crippen LogP contribution in [0.4, 0.5) is 10.5 Å². The SMILES string of the molecule is CC(C)(C)OC(=O)N1CCC(Oc2ccc(N3CC(S(=O)(=O)Cl)CC3=O)cc2)CC1. The van der Waals surface area contributed by atoms with Crippen LogP contribution >= 0.6 is 10.7 Å². The maximum atomic E-state index is 12.1. The molecule has 1 unspecified atom stereocenters. The number of anilines is 1. The van der Waals surface area contributed by atoms with Crippen LogP contribution in [0.2, 0.25) is 0 Å². The van der Waals surface area contributed by atoms with Crippen molar-refractivity contribution in [2.75, 3.05) is 24.5 Å². The molecule has 1 aromatic rings. The normalized spacial score (nSPS) is 21.1. The zero-order chi connectivity index (χ0) is 22.1. The largest absolute Gasteiger partial charge is 0.490 e. The molecule has 3 rings (SSSR count). The number of piperidine rings is 1. The van der Waals surface area contributed by atoms with Crippen LogP contribution in [0.3, 0.4) is 0 Å². The van der Waals surface area contributed by atoms with Gasteiger partial charge in [0, 0.05) is 55.3 Å². The van der Waals surface area contributed by atoms with E-state index < -0.39 is 19.9 Å². The van der Waals surface area contributed by atoms with Gasteiger partial charge in [-0.3, -0.25) is 4.79 Å². The Balaban J connectivity index is 1.52. The van der Waals surface area contributed by atoms with Crippen molar-refractivity contribution < 1.29 is 27.5 Å². The Morgan fingerprint density at radius 2 is 1.73 bits per heavy atom. The molecule has 1 aromatic carbocycles. The Morgan fingerprint density at radius 3 is 2.23 bits per heavy atom. The number of likely N-dealkylation sites (tertiary alicyclic amines) is 1. The summed E-state index contributed by atoms with van der Waals surface area (Å²) in [6, 6.07) is 6.97. The number of nitrogens with zero attached hydrogens (tertiary/aromatic N) is 2. The van der Waals surface area contributed by atoms with Gasteiger partial charge in [-0.15, -0.1) is 0 Å². The third-order valence-electron chi connectivity index (χ3n) is 5.03. The molecule has 2 aliphatic heterocycles. The van der Waals surface area contributed by atoms with Crippen molar-refractivity contribution in [3.63, 3.8) is 0 Å². The molecule has 0 aromatic heterocycles. The van der Waals surface area contributed by atoms with Crippen LogP contribution in [0.5, 0.6) is 5.75 Å². The minimum absolute atomic E-state index is 0.0197. The first-order valence-electron chi connectivity index (χ1n) is 9.91. The van der Waals surface area contributed by atoms with Gasteiger partial charge in [0.05, 0.1) is 0 Å². The van der Waals surface area contributed by atoms with Gasteiger partial charge in [0.2, 0.25) is 15.0 Å². The highest BCUT2D eigenvalue weighted by molar-refractivity contribution is 8.14. The fourth-order valence-electron chi connectivity index (χ4n) is 3.49. The lowest BCUT2D eigenvalue weighted by Crippen LogP contribution is -2.44. The van der Waals surface area contributed by atoms with E-state index in [1.807, 2.05) is 20.8 Å². The smallest absolute Gasteiger partial charge is 0.410 e. The van der Waals surface area contributed by atoms with Crippen molar-refractivity contribution in [3.8, 4) is 5.75 Å². The van der Waals surface area contributed by atoms with Crippen LogP contribution < -0.4 is 9.64 Å². The Morgan fingerprint density at radius 1 is 1.13 bits per heavy atom. The fourth-order valence-corrected chi connectivity index (χ4v) is 4.52. The predicted molar refractivity (Wildman–Crippen MR) is 113 cm³/mol. The van der Waals surface area contributed by atoms with Gasteiger partial charge in [-0.2, -0.15) is 0 Å². The topological polar surface area (TPSA) is 93.2 Å². The molecule has 166 valence electrons. The van der Waals surface area contributed by atoms with Gasteiger partial charge in [0.15, 0.2) is 0 Å². The zero-order valence-electron chi connectivity index (χ0n) is 17.3. The highest BCUT2D eigenvalue weighted by atomic mass is 35.7. The van der Waals surface area contributed by atoms with Crippen LogP contribution in [0.1, 0.15) is 40.0 Å². The van der Waals surface area contributed by atoms with Crippen molar-refractivity contribution in [3.05, 3.63) is 24.3 Å². The fraction of sp³-hybridized carbons (Fsp3) is 0.600. The molecule has 2 aliphatic rings. The Hall–Kier alpha value is -2.00. The summed E-state index contributed by atoms with van der Waals surface area (Å²) >= 11 is 0. The molecule has 2 fully saturated rings. The summed E-state index contributed by atoms with van der Waals surface area (Å²) in [6.07, 6.45) is 0.953. The van der Waals surface area contributed by atoms with Gasteiger partial charge < -0.3 is 19.3 Å². The van der Waals surface area contributed by atoms with Crippen molar-refractivity contribution in [2.24, 2.45) is 0 Å². The molecule has 0 saturated carbocycles. The number of amides is 2. The molecular weight excluding hydrogens is 432 g/mol. The number of ether oxygens (including phenoxy) is 2. The number of carbonyl (C=O) groups excluding carboxylic acids is 2. The van der Waals surface area contributed by atoms with Crippen molar-refractivity contribution in [2.45, 2.75) is 57.0 Å². The molecule has 2 heterocycles. The van der Waals surface area contributed by atoms with Crippen molar-refractivity contribution in [1.29, 1.82) is 0 Å². The van der Waals surface area contributed by atoms with Crippen molar-refractivity contribution in [1.82, 2.24) is 4.90 Å². The van der Waals surface area contributed by atoms with E-state index in [9.17, 15) is 18.0 Å². The van der Waals surface area contributed by atoms with Crippen LogP contribution in [-0.4, -0.2) is 61.9 Å². The second kappa shape index (κ2) is 8.63. The van der Waals surface area contributed by atoms with Gasteiger partial charge in [-0.25, -0.2) is 13.2 Å². The summed E-state index contributed by atoms with van der Waals surface area (Å²) in [5, 5.41) is -0.891. The average Bonchev–Trinajstić information content (AvgIpc) is 3.04. The molecule has 10 heteroatoms. The number of rotatable bonds is 4. The number of hydrogen-bond donors (Lipinski definition) is 0. The highest BCUT2D eigenvalue weighted by Gasteiger charge is 2.38. The Bertz CT molecular complexity index is 889. The molecule has 0 aliphatic carbocycles. The predicted octanol–water partition coefficient (Wildman–Crippen LogP) is 3.14. The number of carbonyl (C=O) groups is 2. The first-order chi connectivity index (χ1) is 13.9. The average molecular weight is 459 g/mol. The Kier molecular flexibility index (Phi) is 6.52.